The monoisotopic (exact) mass is 406 g/mol. The van der Waals surface area contributed by atoms with E-state index >= 15 is 0 Å². The number of nitrogens with one attached hydrogen (secondary N) is 1. The molecule has 29 heavy (non-hydrogen) atoms. The molecule has 0 spiro atoms. The fourth-order valence-electron chi connectivity index (χ4n) is 3.40. The van der Waals surface area contributed by atoms with E-state index < -0.39 is 0 Å². The number of amides is 1. The van der Waals surface area contributed by atoms with Crippen molar-refractivity contribution in [3.05, 3.63) is 65.7 Å². The zero-order chi connectivity index (χ0) is 20.2. The molecule has 1 amide bonds. The number of hydrogen-bond donors (Lipinski definition) is 1. The summed E-state index contributed by atoms with van der Waals surface area (Å²) in [6.45, 7) is 2.63. The van der Waals surface area contributed by atoms with Crippen LogP contribution in [0.25, 0.3) is 16.6 Å². The van der Waals surface area contributed by atoms with E-state index in [0.29, 0.717) is 6.54 Å². The zero-order valence-corrected chi connectivity index (χ0v) is 17.2. The Balaban J connectivity index is 1.41. The van der Waals surface area contributed by atoms with Crippen LogP contribution in [0, 0.1) is 6.92 Å². The second-order valence-electron chi connectivity index (χ2n) is 6.72. The molecule has 6 nitrogen and oxygen atoms in total. The molecule has 0 aliphatic carbocycles. The lowest BCUT2D eigenvalue weighted by atomic mass is 10.1. The third-order valence-corrected chi connectivity index (χ3v) is 5.74. The molecule has 0 radical (unpaired) electrons. The van der Waals surface area contributed by atoms with Crippen molar-refractivity contribution in [2.75, 3.05) is 19.4 Å². The number of methoxy groups -OCH3 is 1. The lowest BCUT2D eigenvalue weighted by molar-refractivity contribution is -0.118. The van der Waals surface area contributed by atoms with Gasteiger partial charge in [-0.05, 0) is 42.7 Å². The van der Waals surface area contributed by atoms with Gasteiger partial charge in [-0.25, -0.2) is 0 Å². The highest BCUT2D eigenvalue weighted by atomic mass is 32.2. The SMILES string of the molecule is COc1ccccc1CCNC(=O)CSc1nnc2cc(C)c3ccccc3n12. The molecule has 2 aromatic carbocycles. The Hall–Kier alpha value is -3.06. The molecule has 0 bridgehead atoms. The molecule has 0 saturated heterocycles. The number of rotatable bonds is 7. The number of carbonyl (C=O) groups excluding carboxylic acids is 1. The summed E-state index contributed by atoms with van der Waals surface area (Å²) >= 11 is 1.39. The van der Waals surface area contributed by atoms with E-state index in [4.69, 9.17) is 4.74 Å². The molecule has 1 N–H and O–H groups in total. The van der Waals surface area contributed by atoms with Crippen LogP contribution in [0.2, 0.25) is 0 Å². The molecule has 148 valence electrons. The molecular formula is C22H22N4O2S. The molecule has 2 heterocycles. The first-order chi connectivity index (χ1) is 14.2. The van der Waals surface area contributed by atoms with E-state index in [1.165, 1.54) is 11.8 Å². The van der Waals surface area contributed by atoms with E-state index in [2.05, 4.69) is 34.6 Å². The Morgan fingerprint density at radius 1 is 1.14 bits per heavy atom. The fraction of sp³-hybridized carbons (Fsp3) is 0.227. The maximum absolute atomic E-state index is 12.3. The number of carbonyl (C=O) groups is 1. The average Bonchev–Trinajstić information content (AvgIpc) is 3.15. The van der Waals surface area contributed by atoms with E-state index in [9.17, 15) is 4.79 Å². The van der Waals surface area contributed by atoms with Crippen LogP contribution in [-0.4, -0.2) is 39.9 Å². The molecule has 4 aromatic rings. The van der Waals surface area contributed by atoms with Gasteiger partial charge < -0.3 is 10.1 Å². The van der Waals surface area contributed by atoms with Crippen molar-refractivity contribution >= 4 is 34.2 Å². The number of para-hydroxylation sites is 2. The maximum atomic E-state index is 12.3. The lowest BCUT2D eigenvalue weighted by Crippen LogP contribution is -2.27. The van der Waals surface area contributed by atoms with Crippen LogP contribution in [0.15, 0.2) is 59.8 Å². The first-order valence-corrected chi connectivity index (χ1v) is 10.4. The molecular weight excluding hydrogens is 384 g/mol. The molecule has 0 aliphatic heterocycles. The summed E-state index contributed by atoms with van der Waals surface area (Å²) in [6, 6.07) is 18.0. The maximum Gasteiger partial charge on any atom is 0.230 e. The predicted molar refractivity (Wildman–Crippen MR) is 116 cm³/mol. The smallest absolute Gasteiger partial charge is 0.230 e. The van der Waals surface area contributed by atoms with Gasteiger partial charge in [0, 0.05) is 11.9 Å². The minimum Gasteiger partial charge on any atom is -0.496 e. The Bertz CT molecular complexity index is 1170. The minimum absolute atomic E-state index is 0.0296. The lowest BCUT2D eigenvalue weighted by Gasteiger charge is -2.09. The number of pyridine rings is 1. The molecule has 2 aromatic heterocycles. The predicted octanol–water partition coefficient (Wildman–Crippen LogP) is 3.65. The van der Waals surface area contributed by atoms with Crippen molar-refractivity contribution in [1.29, 1.82) is 0 Å². The topological polar surface area (TPSA) is 68.5 Å². The van der Waals surface area contributed by atoms with Crippen molar-refractivity contribution in [1.82, 2.24) is 19.9 Å². The second-order valence-corrected chi connectivity index (χ2v) is 7.66. The molecule has 0 fully saturated rings. The summed E-state index contributed by atoms with van der Waals surface area (Å²) in [5.41, 5.74) is 4.08. The number of ether oxygens (including phenoxy) is 1. The van der Waals surface area contributed by atoms with Gasteiger partial charge in [-0.15, -0.1) is 10.2 Å². The van der Waals surface area contributed by atoms with Gasteiger partial charge in [0.25, 0.3) is 0 Å². The summed E-state index contributed by atoms with van der Waals surface area (Å²) in [5, 5.41) is 13.4. The highest BCUT2D eigenvalue weighted by Crippen LogP contribution is 2.25. The van der Waals surface area contributed by atoms with Gasteiger partial charge in [0.15, 0.2) is 10.8 Å². The third-order valence-electron chi connectivity index (χ3n) is 4.82. The van der Waals surface area contributed by atoms with Crippen molar-refractivity contribution in [3.8, 4) is 5.75 Å². The molecule has 7 heteroatoms. The van der Waals surface area contributed by atoms with Crippen molar-refractivity contribution in [3.63, 3.8) is 0 Å². The highest BCUT2D eigenvalue weighted by Gasteiger charge is 2.13. The Kier molecular flexibility index (Phi) is 5.67. The van der Waals surface area contributed by atoms with Gasteiger partial charge in [0.1, 0.15) is 5.75 Å². The Labute approximate surface area is 173 Å². The minimum atomic E-state index is -0.0296. The van der Waals surface area contributed by atoms with E-state index in [1.807, 2.05) is 46.9 Å². The van der Waals surface area contributed by atoms with Gasteiger partial charge >= 0.3 is 0 Å². The summed E-state index contributed by atoms with van der Waals surface area (Å²) in [6.07, 6.45) is 0.720. The number of thioether (sulfide) groups is 1. The Morgan fingerprint density at radius 2 is 1.93 bits per heavy atom. The molecule has 0 saturated carbocycles. The summed E-state index contributed by atoms with van der Waals surface area (Å²) in [4.78, 5) is 12.3. The number of benzene rings is 2. The van der Waals surface area contributed by atoms with Crippen LogP contribution >= 0.6 is 11.8 Å². The molecule has 4 rings (SSSR count). The number of hydrogen-bond acceptors (Lipinski definition) is 5. The Morgan fingerprint density at radius 3 is 2.79 bits per heavy atom. The normalized spacial score (nSPS) is 11.1. The average molecular weight is 407 g/mol. The van der Waals surface area contributed by atoms with Crippen molar-refractivity contribution in [2.45, 2.75) is 18.5 Å². The molecule has 0 atom stereocenters. The molecule has 0 aliphatic rings. The second kappa shape index (κ2) is 8.53. The number of aryl methyl sites for hydroxylation is 1. The third kappa shape index (κ3) is 4.05. The fourth-order valence-corrected chi connectivity index (χ4v) is 4.18. The van der Waals surface area contributed by atoms with E-state index in [-0.39, 0.29) is 11.7 Å². The van der Waals surface area contributed by atoms with Gasteiger partial charge in [-0.2, -0.15) is 0 Å². The van der Waals surface area contributed by atoms with E-state index in [0.717, 1.165) is 45.0 Å². The summed E-state index contributed by atoms with van der Waals surface area (Å²) < 4.78 is 7.36. The van der Waals surface area contributed by atoms with Gasteiger partial charge in [0.05, 0.1) is 18.4 Å². The van der Waals surface area contributed by atoms with Crippen molar-refractivity contribution in [2.24, 2.45) is 0 Å². The van der Waals surface area contributed by atoms with Gasteiger partial charge in [0.2, 0.25) is 5.91 Å². The first kappa shape index (κ1) is 19.3. The summed E-state index contributed by atoms with van der Waals surface area (Å²) in [7, 11) is 1.65. The van der Waals surface area contributed by atoms with Crippen LogP contribution in [0.1, 0.15) is 11.1 Å². The number of aromatic nitrogens is 3. The van der Waals surface area contributed by atoms with Crippen LogP contribution in [0.3, 0.4) is 0 Å². The standard InChI is InChI=1S/C22H22N4O2S/c1-15-13-20-24-25-22(26(20)18-9-5-4-8-17(15)18)29-14-21(27)23-12-11-16-7-3-6-10-19(16)28-2/h3-10,13H,11-12,14H2,1-2H3,(H,23,27). The highest BCUT2D eigenvalue weighted by molar-refractivity contribution is 7.99. The van der Waals surface area contributed by atoms with Gasteiger partial charge in [-0.3, -0.25) is 9.20 Å². The van der Waals surface area contributed by atoms with Crippen LogP contribution in [0.4, 0.5) is 0 Å². The number of fused-ring (bicyclic) bond motifs is 3. The number of nitrogens with zero attached hydrogens (tertiary/aromatic N) is 3. The quantitative estimate of drug-likeness (QED) is 0.475. The zero-order valence-electron chi connectivity index (χ0n) is 16.4. The summed E-state index contributed by atoms with van der Waals surface area (Å²) in [5.74, 6) is 1.10. The first-order valence-electron chi connectivity index (χ1n) is 9.42. The van der Waals surface area contributed by atoms with Crippen molar-refractivity contribution < 1.29 is 9.53 Å². The van der Waals surface area contributed by atoms with E-state index in [1.54, 1.807) is 7.11 Å². The molecule has 0 unspecified atom stereocenters. The van der Waals surface area contributed by atoms with Gasteiger partial charge in [-0.1, -0.05) is 48.2 Å². The van der Waals surface area contributed by atoms with Crippen LogP contribution in [-0.2, 0) is 11.2 Å². The largest absolute Gasteiger partial charge is 0.496 e. The van der Waals surface area contributed by atoms with Crippen LogP contribution in [0.5, 0.6) is 5.75 Å². The van der Waals surface area contributed by atoms with Crippen LogP contribution < -0.4 is 10.1 Å².